The van der Waals surface area contributed by atoms with Crippen molar-refractivity contribution in [3.63, 3.8) is 0 Å². The van der Waals surface area contributed by atoms with Gasteiger partial charge in [-0.2, -0.15) is 0 Å². The minimum Gasteiger partial charge on any atom is -0.497 e. The summed E-state index contributed by atoms with van der Waals surface area (Å²) in [6.07, 6.45) is -0.0704. The Morgan fingerprint density at radius 1 is 1.03 bits per heavy atom. The van der Waals surface area contributed by atoms with Crippen molar-refractivity contribution < 1.29 is 24.1 Å². The minimum atomic E-state index is -0.0704. The molecule has 0 saturated heterocycles. The largest absolute Gasteiger partial charge is 0.497 e. The third-order valence-electron chi connectivity index (χ3n) is 4.28. The molecule has 31 heavy (non-hydrogen) atoms. The summed E-state index contributed by atoms with van der Waals surface area (Å²) in [5, 5.41) is 15.5. The smallest absolute Gasteiger partial charge is 0.191 e. The molecular weight excluding hydrogens is 398 g/mol. The summed E-state index contributed by atoms with van der Waals surface area (Å²) in [6.45, 7) is 5.98. The van der Waals surface area contributed by atoms with E-state index in [1.54, 1.807) is 14.2 Å². The Morgan fingerprint density at radius 2 is 1.84 bits per heavy atom. The maximum absolute atomic E-state index is 8.93. The van der Waals surface area contributed by atoms with Crippen LogP contribution in [0.5, 0.6) is 23.0 Å². The van der Waals surface area contributed by atoms with Crippen LogP contribution in [0.1, 0.15) is 19.4 Å². The standard InChI is InChI=1S/C23H33N3O5/c1-5-24-23(25-15-17(2)31-20-8-6-7-19(14-20)28-3)26-16-18-9-10-21(30-12-11-27)22(13-18)29-4/h6-10,13-14,17,27H,5,11-12,15-16H2,1-4H3,(H2,24,25,26). The van der Waals surface area contributed by atoms with E-state index in [2.05, 4.69) is 15.6 Å². The maximum Gasteiger partial charge on any atom is 0.191 e. The number of ether oxygens (including phenoxy) is 4. The van der Waals surface area contributed by atoms with E-state index in [9.17, 15) is 0 Å². The first-order valence-corrected chi connectivity index (χ1v) is 10.3. The molecule has 0 aliphatic heterocycles. The lowest BCUT2D eigenvalue weighted by Gasteiger charge is -2.18. The quantitative estimate of drug-likeness (QED) is 0.351. The van der Waals surface area contributed by atoms with Crippen molar-refractivity contribution in [3.8, 4) is 23.0 Å². The molecule has 8 nitrogen and oxygen atoms in total. The maximum atomic E-state index is 8.93. The molecule has 170 valence electrons. The SMILES string of the molecule is CCNC(=NCc1ccc(OCCO)c(OC)c1)NCC(C)Oc1cccc(OC)c1. The Balaban J connectivity index is 1.94. The zero-order valence-electron chi connectivity index (χ0n) is 18.7. The molecule has 0 amide bonds. The van der Waals surface area contributed by atoms with Crippen LogP contribution in [-0.4, -0.2) is 57.7 Å². The van der Waals surface area contributed by atoms with Crippen LogP contribution in [0, 0.1) is 0 Å². The highest BCUT2D eigenvalue weighted by Crippen LogP contribution is 2.28. The van der Waals surface area contributed by atoms with Gasteiger partial charge in [0.25, 0.3) is 0 Å². The third-order valence-corrected chi connectivity index (χ3v) is 4.28. The van der Waals surface area contributed by atoms with Crippen LogP contribution >= 0.6 is 0 Å². The summed E-state index contributed by atoms with van der Waals surface area (Å²) < 4.78 is 22.0. The highest BCUT2D eigenvalue weighted by Gasteiger charge is 2.08. The average molecular weight is 432 g/mol. The molecule has 1 atom stereocenters. The number of methoxy groups -OCH3 is 2. The molecule has 0 saturated carbocycles. The summed E-state index contributed by atoms with van der Waals surface area (Å²) in [5.41, 5.74) is 0.978. The Labute approximate surface area is 184 Å². The molecule has 0 aliphatic carbocycles. The van der Waals surface area contributed by atoms with E-state index in [1.165, 1.54) is 0 Å². The molecule has 1 unspecified atom stereocenters. The Hall–Kier alpha value is -3.13. The van der Waals surface area contributed by atoms with Crippen LogP contribution in [0.3, 0.4) is 0 Å². The molecule has 0 spiro atoms. The highest BCUT2D eigenvalue weighted by atomic mass is 16.5. The van der Waals surface area contributed by atoms with Crippen molar-refractivity contribution in [2.24, 2.45) is 4.99 Å². The van der Waals surface area contributed by atoms with Gasteiger partial charge in [-0.1, -0.05) is 12.1 Å². The van der Waals surface area contributed by atoms with Crippen LogP contribution < -0.4 is 29.6 Å². The van der Waals surface area contributed by atoms with E-state index in [0.29, 0.717) is 30.5 Å². The van der Waals surface area contributed by atoms with Crippen LogP contribution in [0.15, 0.2) is 47.5 Å². The number of nitrogens with one attached hydrogen (secondary N) is 2. The lowest BCUT2D eigenvalue weighted by molar-refractivity contribution is 0.196. The van der Waals surface area contributed by atoms with Crippen molar-refractivity contribution in [3.05, 3.63) is 48.0 Å². The molecule has 0 radical (unpaired) electrons. The van der Waals surface area contributed by atoms with Gasteiger partial charge in [0, 0.05) is 12.6 Å². The van der Waals surface area contributed by atoms with Crippen molar-refractivity contribution in [1.29, 1.82) is 0 Å². The molecule has 2 aromatic rings. The molecule has 2 rings (SSSR count). The van der Waals surface area contributed by atoms with E-state index in [0.717, 1.165) is 23.6 Å². The van der Waals surface area contributed by atoms with Crippen molar-refractivity contribution in [1.82, 2.24) is 10.6 Å². The van der Waals surface area contributed by atoms with E-state index < -0.39 is 0 Å². The number of hydrogen-bond acceptors (Lipinski definition) is 6. The first kappa shape index (κ1) is 24.1. The van der Waals surface area contributed by atoms with Gasteiger partial charge in [0.2, 0.25) is 0 Å². The summed E-state index contributed by atoms with van der Waals surface area (Å²) in [6, 6.07) is 13.2. The first-order chi connectivity index (χ1) is 15.1. The lowest BCUT2D eigenvalue weighted by atomic mass is 10.2. The molecule has 3 N–H and O–H groups in total. The zero-order chi connectivity index (χ0) is 22.5. The van der Waals surface area contributed by atoms with Gasteiger partial charge in [-0.3, -0.25) is 0 Å². The molecule has 0 heterocycles. The first-order valence-electron chi connectivity index (χ1n) is 10.3. The van der Waals surface area contributed by atoms with Gasteiger partial charge in [-0.15, -0.1) is 0 Å². The van der Waals surface area contributed by atoms with Gasteiger partial charge >= 0.3 is 0 Å². The number of benzene rings is 2. The van der Waals surface area contributed by atoms with E-state index in [4.69, 9.17) is 24.1 Å². The molecule has 2 aromatic carbocycles. The molecule has 8 heteroatoms. The van der Waals surface area contributed by atoms with Gasteiger partial charge in [-0.05, 0) is 43.7 Å². The Morgan fingerprint density at radius 3 is 2.55 bits per heavy atom. The van der Waals surface area contributed by atoms with Gasteiger partial charge in [-0.25, -0.2) is 4.99 Å². The average Bonchev–Trinajstić information content (AvgIpc) is 2.79. The molecule has 0 aromatic heterocycles. The van der Waals surface area contributed by atoms with Gasteiger partial charge in [0.05, 0.1) is 33.9 Å². The minimum absolute atomic E-state index is 0.0487. The van der Waals surface area contributed by atoms with E-state index in [1.807, 2.05) is 56.3 Å². The van der Waals surface area contributed by atoms with Crippen molar-refractivity contribution in [2.45, 2.75) is 26.5 Å². The van der Waals surface area contributed by atoms with Crippen LogP contribution in [0.25, 0.3) is 0 Å². The summed E-state index contributed by atoms with van der Waals surface area (Å²) in [7, 11) is 3.22. The zero-order valence-corrected chi connectivity index (χ0v) is 18.7. The second-order valence-corrected chi connectivity index (χ2v) is 6.74. The molecule has 0 aliphatic rings. The van der Waals surface area contributed by atoms with Gasteiger partial charge in [0.1, 0.15) is 24.2 Å². The second kappa shape index (κ2) is 13.2. The fourth-order valence-corrected chi connectivity index (χ4v) is 2.79. The fourth-order valence-electron chi connectivity index (χ4n) is 2.79. The highest BCUT2D eigenvalue weighted by molar-refractivity contribution is 5.79. The lowest BCUT2D eigenvalue weighted by Crippen LogP contribution is -2.41. The summed E-state index contributed by atoms with van der Waals surface area (Å²) in [5.74, 6) is 3.42. The molecule has 0 bridgehead atoms. The third kappa shape index (κ3) is 8.25. The number of aliphatic imine (C=N–C) groups is 1. The number of nitrogens with zero attached hydrogens (tertiary/aromatic N) is 1. The van der Waals surface area contributed by atoms with Crippen LogP contribution in [0.4, 0.5) is 0 Å². The van der Waals surface area contributed by atoms with Crippen LogP contribution in [-0.2, 0) is 6.54 Å². The van der Waals surface area contributed by atoms with E-state index in [-0.39, 0.29) is 19.3 Å². The van der Waals surface area contributed by atoms with Crippen molar-refractivity contribution in [2.75, 3.05) is 40.5 Å². The number of rotatable bonds is 12. The number of aliphatic hydroxyl groups is 1. The fraction of sp³-hybridized carbons (Fsp3) is 0.435. The van der Waals surface area contributed by atoms with Gasteiger partial charge in [0.15, 0.2) is 17.5 Å². The molecular formula is C23H33N3O5. The van der Waals surface area contributed by atoms with Crippen LogP contribution in [0.2, 0.25) is 0 Å². The summed E-state index contributed by atoms with van der Waals surface area (Å²) in [4.78, 5) is 4.64. The van der Waals surface area contributed by atoms with Crippen molar-refractivity contribution >= 4 is 5.96 Å². The Kier molecular flexibility index (Phi) is 10.3. The number of guanidine groups is 1. The van der Waals surface area contributed by atoms with Gasteiger partial charge < -0.3 is 34.7 Å². The topological polar surface area (TPSA) is 93.6 Å². The normalized spacial score (nSPS) is 12.1. The predicted octanol–water partition coefficient (Wildman–Crippen LogP) is 2.60. The molecule has 0 fully saturated rings. The number of hydrogen-bond donors (Lipinski definition) is 3. The predicted molar refractivity (Wildman–Crippen MR) is 121 cm³/mol. The Bertz CT molecular complexity index is 829. The summed E-state index contributed by atoms with van der Waals surface area (Å²) >= 11 is 0. The number of aliphatic hydroxyl groups excluding tert-OH is 1. The second-order valence-electron chi connectivity index (χ2n) is 6.74. The van der Waals surface area contributed by atoms with E-state index >= 15 is 0 Å². The monoisotopic (exact) mass is 431 g/mol.